The van der Waals surface area contributed by atoms with Crippen LogP contribution in [0.15, 0.2) is 18.2 Å². The average Bonchev–Trinajstić information content (AvgIpc) is 2.27. The molecule has 94 valence electrons. The Morgan fingerprint density at radius 2 is 2.12 bits per heavy atom. The van der Waals surface area contributed by atoms with Gasteiger partial charge in [0.1, 0.15) is 5.75 Å². The molecule has 1 atom stereocenters. The molecule has 3 N–H and O–H groups in total. The number of aliphatic carboxylic acids is 1. The van der Waals surface area contributed by atoms with Gasteiger partial charge in [-0.25, -0.2) is 4.79 Å². The fraction of sp³-hybridized carbons (Fsp3) is 0.462. The van der Waals surface area contributed by atoms with E-state index in [-0.39, 0.29) is 6.54 Å². The summed E-state index contributed by atoms with van der Waals surface area (Å²) in [5.41, 5.74) is 7.39. The van der Waals surface area contributed by atoms with Crippen LogP contribution in [-0.4, -0.2) is 23.7 Å². The van der Waals surface area contributed by atoms with Gasteiger partial charge in [0.05, 0.1) is 0 Å². The van der Waals surface area contributed by atoms with Gasteiger partial charge in [0.15, 0.2) is 0 Å². The Balaban J connectivity index is 2.96. The minimum Gasteiger partial charge on any atom is -0.478 e. The van der Waals surface area contributed by atoms with Crippen LogP contribution in [0.25, 0.3) is 0 Å². The van der Waals surface area contributed by atoms with Gasteiger partial charge < -0.3 is 15.6 Å². The van der Waals surface area contributed by atoms with Crippen molar-refractivity contribution in [1.29, 1.82) is 0 Å². The summed E-state index contributed by atoms with van der Waals surface area (Å²) in [5.74, 6) is -0.0741. The van der Waals surface area contributed by atoms with Crippen molar-refractivity contribution < 1.29 is 14.6 Å². The molecule has 0 radical (unpaired) electrons. The summed E-state index contributed by atoms with van der Waals surface area (Å²) in [7, 11) is 0. The number of aryl methyl sites for hydroxylation is 1. The second-order valence-electron chi connectivity index (χ2n) is 4.36. The van der Waals surface area contributed by atoms with Crippen LogP contribution >= 0.6 is 0 Å². The molecule has 0 aliphatic carbocycles. The zero-order chi connectivity index (χ0) is 13.0. The molecule has 1 unspecified atom stereocenters. The summed E-state index contributed by atoms with van der Waals surface area (Å²) < 4.78 is 5.42. The van der Waals surface area contributed by atoms with Crippen molar-refractivity contribution in [3.63, 3.8) is 0 Å². The molecule has 4 nitrogen and oxygen atoms in total. The van der Waals surface area contributed by atoms with Crippen LogP contribution in [0.1, 0.15) is 30.9 Å². The van der Waals surface area contributed by atoms with Gasteiger partial charge in [-0.1, -0.05) is 26.0 Å². The molecule has 17 heavy (non-hydrogen) atoms. The van der Waals surface area contributed by atoms with Crippen molar-refractivity contribution in [2.75, 3.05) is 6.54 Å². The van der Waals surface area contributed by atoms with E-state index < -0.39 is 12.1 Å². The topological polar surface area (TPSA) is 72.5 Å². The fourth-order valence-corrected chi connectivity index (χ4v) is 1.46. The quantitative estimate of drug-likeness (QED) is 0.820. The first-order chi connectivity index (χ1) is 7.95. The van der Waals surface area contributed by atoms with Gasteiger partial charge in [0.2, 0.25) is 6.10 Å². The van der Waals surface area contributed by atoms with Gasteiger partial charge in [0.25, 0.3) is 0 Å². The maximum Gasteiger partial charge on any atom is 0.346 e. The molecule has 1 aromatic carbocycles. The van der Waals surface area contributed by atoms with Crippen LogP contribution in [0.5, 0.6) is 5.75 Å². The van der Waals surface area contributed by atoms with Crippen molar-refractivity contribution in [2.24, 2.45) is 5.73 Å². The lowest BCUT2D eigenvalue weighted by Crippen LogP contribution is -2.34. The molecule has 0 aromatic heterocycles. The monoisotopic (exact) mass is 237 g/mol. The Kier molecular flexibility index (Phi) is 4.52. The molecular formula is C13H19NO3. The second kappa shape index (κ2) is 5.68. The predicted molar refractivity (Wildman–Crippen MR) is 66.4 cm³/mol. The van der Waals surface area contributed by atoms with Crippen molar-refractivity contribution in [1.82, 2.24) is 0 Å². The third kappa shape index (κ3) is 3.46. The molecule has 0 saturated heterocycles. The molecule has 1 aromatic rings. The standard InChI is InChI=1S/C13H19NO3/c1-8(2)10-5-4-9(3)11(6-10)17-12(7-14)13(15)16/h4-6,8,12H,7,14H2,1-3H3,(H,15,16). The average molecular weight is 237 g/mol. The smallest absolute Gasteiger partial charge is 0.346 e. The summed E-state index contributed by atoms with van der Waals surface area (Å²) in [6, 6.07) is 5.83. The number of hydrogen-bond acceptors (Lipinski definition) is 3. The lowest BCUT2D eigenvalue weighted by atomic mass is 10.0. The van der Waals surface area contributed by atoms with Gasteiger partial charge in [0, 0.05) is 6.54 Å². The molecule has 0 heterocycles. The maximum absolute atomic E-state index is 10.9. The molecule has 1 rings (SSSR count). The highest BCUT2D eigenvalue weighted by atomic mass is 16.5. The van der Waals surface area contributed by atoms with E-state index in [1.165, 1.54) is 0 Å². The van der Waals surface area contributed by atoms with E-state index in [1.807, 2.05) is 25.1 Å². The van der Waals surface area contributed by atoms with Gasteiger partial charge in [-0.15, -0.1) is 0 Å². The number of ether oxygens (including phenoxy) is 1. The van der Waals surface area contributed by atoms with Crippen molar-refractivity contribution in [2.45, 2.75) is 32.8 Å². The first kappa shape index (κ1) is 13.5. The Morgan fingerprint density at radius 3 is 2.59 bits per heavy atom. The fourth-order valence-electron chi connectivity index (χ4n) is 1.46. The van der Waals surface area contributed by atoms with Crippen molar-refractivity contribution in [3.8, 4) is 5.75 Å². The molecule has 0 amide bonds. The molecule has 4 heteroatoms. The molecule has 0 spiro atoms. The summed E-state index contributed by atoms with van der Waals surface area (Å²) >= 11 is 0. The first-order valence-corrected chi connectivity index (χ1v) is 5.65. The molecule has 0 fully saturated rings. The minimum absolute atomic E-state index is 0.0410. The molecule has 0 bridgehead atoms. The van der Waals surface area contributed by atoms with Crippen molar-refractivity contribution >= 4 is 5.97 Å². The molecule has 0 aliphatic heterocycles. The molecule has 0 saturated carbocycles. The zero-order valence-electron chi connectivity index (χ0n) is 10.4. The first-order valence-electron chi connectivity index (χ1n) is 5.65. The van der Waals surface area contributed by atoms with Crippen LogP contribution < -0.4 is 10.5 Å². The summed E-state index contributed by atoms with van der Waals surface area (Å²) in [4.78, 5) is 10.9. The number of carbonyl (C=O) groups is 1. The number of nitrogens with two attached hydrogens (primary N) is 1. The van der Waals surface area contributed by atoms with E-state index in [2.05, 4.69) is 13.8 Å². The number of carboxylic acids is 1. The Bertz CT molecular complexity index is 402. The lowest BCUT2D eigenvalue weighted by Gasteiger charge is -2.16. The summed E-state index contributed by atoms with van der Waals surface area (Å²) in [6.07, 6.45) is -0.990. The number of rotatable bonds is 5. The normalized spacial score (nSPS) is 12.5. The highest BCUT2D eigenvalue weighted by Crippen LogP contribution is 2.25. The lowest BCUT2D eigenvalue weighted by molar-refractivity contribution is -0.144. The minimum atomic E-state index is -1.04. The number of hydrogen-bond donors (Lipinski definition) is 2. The largest absolute Gasteiger partial charge is 0.478 e. The SMILES string of the molecule is Cc1ccc(C(C)C)cc1OC(CN)C(=O)O. The van der Waals surface area contributed by atoms with Crippen LogP contribution in [0.3, 0.4) is 0 Å². The van der Waals surface area contributed by atoms with E-state index in [0.717, 1.165) is 11.1 Å². The van der Waals surface area contributed by atoms with Crippen LogP contribution in [0.2, 0.25) is 0 Å². The third-order valence-electron chi connectivity index (χ3n) is 2.64. The van der Waals surface area contributed by atoms with E-state index in [9.17, 15) is 4.79 Å². The van der Waals surface area contributed by atoms with Crippen LogP contribution in [0, 0.1) is 6.92 Å². The highest BCUT2D eigenvalue weighted by molar-refractivity contribution is 5.73. The van der Waals surface area contributed by atoms with E-state index in [0.29, 0.717) is 11.7 Å². The van der Waals surface area contributed by atoms with Gasteiger partial charge >= 0.3 is 5.97 Å². The highest BCUT2D eigenvalue weighted by Gasteiger charge is 2.18. The summed E-state index contributed by atoms with van der Waals surface area (Å²) in [6.45, 7) is 5.99. The predicted octanol–water partition coefficient (Wildman–Crippen LogP) is 1.91. The Morgan fingerprint density at radius 1 is 1.47 bits per heavy atom. The van der Waals surface area contributed by atoms with E-state index in [4.69, 9.17) is 15.6 Å². The molecule has 0 aliphatic rings. The second-order valence-corrected chi connectivity index (χ2v) is 4.36. The summed E-state index contributed by atoms with van der Waals surface area (Å²) in [5, 5.41) is 8.90. The van der Waals surface area contributed by atoms with Crippen LogP contribution in [0.4, 0.5) is 0 Å². The number of carboxylic acid groups (broad SMARTS) is 1. The number of benzene rings is 1. The van der Waals surface area contributed by atoms with E-state index >= 15 is 0 Å². The zero-order valence-corrected chi connectivity index (χ0v) is 10.4. The van der Waals surface area contributed by atoms with Gasteiger partial charge in [-0.3, -0.25) is 0 Å². The molecular weight excluding hydrogens is 218 g/mol. The van der Waals surface area contributed by atoms with E-state index in [1.54, 1.807) is 0 Å². The Labute approximate surface area is 101 Å². The maximum atomic E-state index is 10.9. The third-order valence-corrected chi connectivity index (χ3v) is 2.64. The van der Waals surface area contributed by atoms with Crippen LogP contribution in [-0.2, 0) is 4.79 Å². The van der Waals surface area contributed by atoms with Gasteiger partial charge in [-0.05, 0) is 30.0 Å². The van der Waals surface area contributed by atoms with Crippen molar-refractivity contribution in [3.05, 3.63) is 29.3 Å². The Hall–Kier alpha value is -1.55. The van der Waals surface area contributed by atoms with Gasteiger partial charge in [-0.2, -0.15) is 0 Å².